The summed E-state index contributed by atoms with van der Waals surface area (Å²) in [6.45, 7) is 0.729. The number of hydrogen-bond acceptors (Lipinski definition) is 5. The lowest BCUT2D eigenvalue weighted by Gasteiger charge is -2.24. The Morgan fingerprint density at radius 3 is 2.90 bits per heavy atom. The molecule has 0 saturated carbocycles. The van der Waals surface area contributed by atoms with Crippen LogP contribution in [0.3, 0.4) is 0 Å². The molecule has 0 unspecified atom stereocenters. The van der Waals surface area contributed by atoms with Crippen molar-refractivity contribution in [1.29, 1.82) is 0 Å². The van der Waals surface area contributed by atoms with Crippen LogP contribution >= 0.6 is 0 Å². The molecule has 0 saturated heterocycles. The highest BCUT2D eigenvalue weighted by atomic mass is 16.5. The predicted octanol–water partition coefficient (Wildman–Crippen LogP) is 3.99. The maximum atomic E-state index is 12.7. The summed E-state index contributed by atoms with van der Waals surface area (Å²) >= 11 is 0. The summed E-state index contributed by atoms with van der Waals surface area (Å²) in [5, 5.41) is 11.5. The second-order valence-electron chi connectivity index (χ2n) is 7.16. The zero-order chi connectivity index (χ0) is 19.6. The monoisotopic (exact) mass is 388 g/mol. The van der Waals surface area contributed by atoms with Gasteiger partial charge in [-0.05, 0) is 37.0 Å². The Labute approximate surface area is 167 Å². The van der Waals surface area contributed by atoms with Crippen LogP contribution in [0.5, 0.6) is 0 Å². The SMILES string of the molecule is O=C(N[C@H]1CCCc2c1cnn2Cc1ccccc1)c1cc(-c2ccco2)on1. The average molecular weight is 388 g/mol. The number of aromatic nitrogens is 3. The van der Waals surface area contributed by atoms with Crippen LogP contribution in [0.25, 0.3) is 11.5 Å². The van der Waals surface area contributed by atoms with Gasteiger partial charge in [-0.1, -0.05) is 35.5 Å². The quantitative estimate of drug-likeness (QED) is 0.559. The molecule has 5 rings (SSSR count). The third-order valence-electron chi connectivity index (χ3n) is 5.25. The minimum absolute atomic E-state index is 0.0838. The van der Waals surface area contributed by atoms with E-state index in [1.165, 1.54) is 11.3 Å². The molecular formula is C22H20N4O3. The Morgan fingerprint density at radius 1 is 1.17 bits per heavy atom. The maximum Gasteiger partial charge on any atom is 0.273 e. The molecule has 146 valence electrons. The molecule has 1 atom stereocenters. The number of amides is 1. The fourth-order valence-corrected chi connectivity index (χ4v) is 3.81. The molecule has 0 aliphatic heterocycles. The number of carbonyl (C=O) groups excluding carboxylic acids is 1. The van der Waals surface area contributed by atoms with E-state index in [1.807, 2.05) is 29.1 Å². The van der Waals surface area contributed by atoms with Crippen molar-refractivity contribution in [2.75, 3.05) is 0 Å². The second kappa shape index (κ2) is 7.43. The summed E-state index contributed by atoms with van der Waals surface area (Å²) in [5.74, 6) is 0.707. The number of benzene rings is 1. The second-order valence-corrected chi connectivity index (χ2v) is 7.16. The molecule has 29 heavy (non-hydrogen) atoms. The molecule has 3 heterocycles. The first kappa shape index (κ1) is 17.5. The summed E-state index contributed by atoms with van der Waals surface area (Å²) in [6, 6.07) is 15.3. The molecule has 0 radical (unpaired) electrons. The lowest BCUT2D eigenvalue weighted by molar-refractivity contribution is 0.0923. The van der Waals surface area contributed by atoms with Crippen molar-refractivity contribution in [2.24, 2.45) is 0 Å². The highest BCUT2D eigenvalue weighted by Crippen LogP contribution is 2.30. The Bertz CT molecular complexity index is 1110. The van der Waals surface area contributed by atoms with Gasteiger partial charge in [0.1, 0.15) is 0 Å². The molecule has 1 aliphatic carbocycles. The van der Waals surface area contributed by atoms with Crippen molar-refractivity contribution in [3.8, 4) is 11.5 Å². The molecule has 1 N–H and O–H groups in total. The first-order chi connectivity index (χ1) is 14.3. The molecule has 7 heteroatoms. The zero-order valence-corrected chi connectivity index (χ0v) is 15.7. The molecule has 1 aromatic carbocycles. The van der Waals surface area contributed by atoms with E-state index in [0.29, 0.717) is 11.5 Å². The Kier molecular flexibility index (Phi) is 4.48. The van der Waals surface area contributed by atoms with Crippen LogP contribution in [0.1, 0.15) is 46.2 Å². The molecule has 1 amide bonds. The summed E-state index contributed by atoms with van der Waals surface area (Å²) in [5.41, 5.74) is 3.70. The Hall–Kier alpha value is -3.61. The summed E-state index contributed by atoms with van der Waals surface area (Å²) in [4.78, 5) is 12.7. The van der Waals surface area contributed by atoms with Crippen molar-refractivity contribution >= 4 is 5.91 Å². The fraction of sp³-hybridized carbons (Fsp3) is 0.227. The summed E-state index contributed by atoms with van der Waals surface area (Å²) in [6.07, 6.45) is 6.25. The van der Waals surface area contributed by atoms with Gasteiger partial charge in [-0.2, -0.15) is 5.10 Å². The van der Waals surface area contributed by atoms with Gasteiger partial charge < -0.3 is 14.3 Å². The highest BCUT2D eigenvalue weighted by Gasteiger charge is 2.27. The van der Waals surface area contributed by atoms with Gasteiger partial charge in [0, 0.05) is 17.3 Å². The first-order valence-corrected chi connectivity index (χ1v) is 9.68. The fourth-order valence-electron chi connectivity index (χ4n) is 3.81. The maximum absolute atomic E-state index is 12.7. The molecule has 3 aromatic heterocycles. The Morgan fingerprint density at radius 2 is 2.07 bits per heavy atom. The minimum atomic E-state index is -0.264. The third kappa shape index (κ3) is 3.47. The van der Waals surface area contributed by atoms with Crippen LogP contribution in [0.15, 0.2) is 69.9 Å². The van der Waals surface area contributed by atoms with E-state index in [-0.39, 0.29) is 17.6 Å². The molecule has 1 aliphatic rings. The van der Waals surface area contributed by atoms with Crippen LogP contribution in [-0.4, -0.2) is 20.8 Å². The van der Waals surface area contributed by atoms with Crippen molar-refractivity contribution in [1.82, 2.24) is 20.3 Å². The van der Waals surface area contributed by atoms with Gasteiger partial charge in [0.05, 0.1) is 25.0 Å². The topological polar surface area (TPSA) is 86.1 Å². The van der Waals surface area contributed by atoms with Crippen LogP contribution in [0.2, 0.25) is 0 Å². The molecule has 0 fully saturated rings. The predicted molar refractivity (Wildman–Crippen MR) is 105 cm³/mol. The van der Waals surface area contributed by atoms with Gasteiger partial charge in [0.2, 0.25) is 5.76 Å². The lowest BCUT2D eigenvalue weighted by Crippen LogP contribution is -2.31. The van der Waals surface area contributed by atoms with Crippen LogP contribution in [-0.2, 0) is 13.0 Å². The number of fused-ring (bicyclic) bond motifs is 1. The number of nitrogens with one attached hydrogen (secondary N) is 1. The number of hydrogen-bond donors (Lipinski definition) is 1. The van der Waals surface area contributed by atoms with Gasteiger partial charge in [-0.15, -0.1) is 0 Å². The van der Waals surface area contributed by atoms with Crippen molar-refractivity contribution < 1.29 is 13.7 Å². The van der Waals surface area contributed by atoms with Gasteiger partial charge in [-0.25, -0.2) is 0 Å². The van der Waals surface area contributed by atoms with E-state index in [9.17, 15) is 4.79 Å². The first-order valence-electron chi connectivity index (χ1n) is 9.68. The van der Waals surface area contributed by atoms with E-state index >= 15 is 0 Å². The smallest absolute Gasteiger partial charge is 0.273 e. The van der Waals surface area contributed by atoms with Gasteiger partial charge >= 0.3 is 0 Å². The average Bonchev–Trinajstić information content (AvgIpc) is 3.50. The molecular weight excluding hydrogens is 368 g/mol. The van der Waals surface area contributed by atoms with Crippen LogP contribution in [0.4, 0.5) is 0 Å². The van der Waals surface area contributed by atoms with Crippen LogP contribution in [0, 0.1) is 0 Å². The summed E-state index contributed by atoms with van der Waals surface area (Å²) < 4.78 is 12.6. The zero-order valence-electron chi connectivity index (χ0n) is 15.7. The number of nitrogens with zero attached hydrogens (tertiary/aromatic N) is 3. The minimum Gasteiger partial charge on any atom is -0.461 e. The van der Waals surface area contributed by atoms with E-state index in [0.717, 1.165) is 31.4 Å². The van der Waals surface area contributed by atoms with Crippen molar-refractivity contribution in [3.05, 3.63) is 83.5 Å². The molecule has 7 nitrogen and oxygen atoms in total. The third-order valence-corrected chi connectivity index (χ3v) is 5.25. The van der Waals surface area contributed by atoms with Gasteiger partial charge in [0.25, 0.3) is 5.91 Å². The molecule has 4 aromatic rings. The lowest BCUT2D eigenvalue weighted by atomic mass is 9.92. The normalized spacial score (nSPS) is 15.8. The van der Waals surface area contributed by atoms with E-state index in [2.05, 4.69) is 27.7 Å². The van der Waals surface area contributed by atoms with E-state index in [4.69, 9.17) is 8.94 Å². The summed E-state index contributed by atoms with van der Waals surface area (Å²) in [7, 11) is 0. The highest BCUT2D eigenvalue weighted by molar-refractivity contribution is 5.93. The van der Waals surface area contributed by atoms with Gasteiger partial charge in [0.15, 0.2) is 11.5 Å². The van der Waals surface area contributed by atoms with Crippen molar-refractivity contribution in [2.45, 2.75) is 31.8 Å². The number of carbonyl (C=O) groups is 1. The largest absolute Gasteiger partial charge is 0.461 e. The standard InChI is InChI=1S/C22H20N4O3/c27-22(18-12-21(29-25-18)20-10-5-11-28-20)24-17-8-4-9-19-16(17)13-23-26(19)14-15-6-2-1-3-7-15/h1-3,5-7,10-13,17H,4,8-9,14H2,(H,24,27)/t17-/m0/s1. The molecule has 0 bridgehead atoms. The van der Waals surface area contributed by atoms with E-state index < -0.39 is 0 Å². The molecule has 0 spiro atoms. The van der Waals surface area contributed by atoms with Gasteiger partial charge in [-0.3, -0.25) is 9.48 Å². The van der Waals surface area contributed by atoms with Crippen LogP contribution < -0.4 is 5.32 Å². The number of furan rings is 1. The number of rotatable bonds is 5. The van der Waals surface area contributed by atoms with Crippen molar-refractivity contribution in [3.63, 3.8) is 0 Å². The Balaban J connectivity index is 1.33. The van der Waals surface area contributed by atoms with E-state index in [1.54, 1.807) is 24.5 Å².